The molecule has 21 heavy (non-hydrogen) atoms. The Morgan fingerprint density at radius 1 is 1.19 bits per heavy atom. The van der Waals surface area contributed by atoms with Crippen LogP contribution in [-0.2, 0) is 11.9 Å². The third-order valence-corrected chi connectivity index (χ3v) is 3.96. The summed E-state index contributed by atoms with van der Waals surface area (Å²) in [6.07, 6.45) is 0. The average molecular weight is 394 g/mol. The first-order valence-corrected chi connectivity index (χ1v) is 7.92. The van der Waals surface area contributed by atoms with Gasteiger partial charge in [-0.2, -0.15) is 0 Å². The Hall–Kier alpha value is -0.970. The van der Waals surface area contributed by atoms with Crippen molar-refractivity contribution < 1.29 is 13.9 Å². The van der Waals surface area contributed by atoms with Gasteiger partial charge in [-0.05, 0) is 23.8 Å². The SMILES string of the molecule is COc1cc(Cl)cc(CBr)c1OCc1ccc(Cl)c(F)c1. The van der Waals surface area contributed by atoms with Crippen molar-refractivity contribution in [1.29, 1.82) is 0 Å². The average Bonchev–Trinajstić information content (AvgIpc) is 2.48. The Morgan fingerprint density at radius 3 is 2.57 bits per heavy atom. The van der Waals surface area contributed by atoms with Crippen LogP contribution < -0.4 is 9.47 Å². The molecule has 2 aromatic rings. The fraction of sp³-hybridized carbons (Fsp3) is 0.200. The van der Waals surface area contributed by atoms with Crippen molar-refractivity contribution in [2.24, 2.45) is 0 Å². The highest BCUT2D eigenvalue weighted by molar-refractivity contribution is 9.08. The zero-order valence-electron chi connectivity index (χ0n) is 11.1. The van der Waals surface area contributed by atoms with Gasteiger partial charge in [-0.3, -0.25) is 0 Å². The highest BCUT2D eigenvalue weighted by Gasteiger charge is 2.13. The number of hydrogen-bond acceptors (Lipinski definition) is 2. The smallest absolute Gasteiger partial charge is 0.165 e. The van der Waals surface area contributed by atoms with E-state index in [0.29, 0.717) is 27.4 Å². The van der Waals surface area contributed by atoms with Crippen LogP contribution in [0.4, 0.5) is 4.39 Å². The van der Waals surface area contributed by atoms with Crippen molar-refractivity contribution in [2.45, 2.75) is 11.9 Å². The van der Waals surface area contributed by atoms with Gasteiger partial charge in [-0.1, -0.05) is 45.2 Å². The van der Waals surface area contributed by atoms with Gasteiger partial charge in [-0.25, -0.2) is 4.39 Å². The minimum absolute atomic E-state index is 0.0870. The molecule has 0 spiro atoms. The molecule has 0 bridgehead atoms. The Bertz CT molecular complexity index is 625. The molecule has 6 heteroatoms. The second-order valence-corrected chi connectivity index (χ2v) is 5.67. The molecule has 112 valence electrons. The lowest BCUT2D eigenvalue weighted by molar-refractivity contribution is 0.282. The monoisotopic (exact) mass is 392 g/mol. The number of rotatable bonds is 5. The minimum Gasteiger partial charge on any atom is -0.493 e. The van der Waals surface area contributed by atoms with Crippen LogP contribution in [0.1, 0.15) is 11.1 Å². The van der Waals surface area contributed by atoms with Crippen molar-refractivity contribution >= 4 is 39.1 Å². The van der Waals surface area contributed by atoms with E-state index < -0.39 is 5.82 Å². The molecule has 0 aliphatic rings. The number of halogens is 4. The van der Waals surface area contributed by atoms with Crippen LogP contribution in [0.2, 0.25) is 10.0 Å². The number of ether oxygens (including phenoxy) is 2. The summed E-state index contributed by atoms with van der Waals surface area (Å²) in [4.78, 5) is 0. The number of methoxy groups -OCH3 is 1. The molecule has 0 amide bonds. The van der Waals surface area contributed by atoms with Crippen LogP contribution in [0.15, 0.2) is 30.3 Å². The quantitative estimate of drug-likeness (QED) is 0.614. The molecule has 0 aliphatic heterocycles. The van der Waals surface area contributed by atoms with Crippen LogP contribution in [0.25, 0.3) is 0 Å². The predicted molar refractivity (Wildman–Crippen MR) is 86.4 cm³/mol. The minimum atomic E-state index is -0.471. The van der Waals surface area contributed by atoms with Gasteiger partial charge in [0.1, 0.15) is 12.4 Å². The number of hydrogen-bond donors (Lipinski definition) is 0. The zero-order chi connectivity index (χ0) is 15.4. The van der Waals surface area contributed by atoms with Crippen LogP contribution in [-0.4, -0.2) is 7.11 Å². The first-order chi connectivity index (χ1) is 10.0. The van der Waals surface area contributed by atoms with Crippen molar-refractivity contribution in [1.82, 2.24) is 0 Å². The van der Waals surface area contributed by atoms with Crippen LogP contribution >= 0.6 is 39.1 Å². The van der Waals surface area contributed by atoms with E-state index in [1.165, 1.54) is 12.1 Å². The van der Waals surface area contributed by atoms with E-state index in [-0.39, 0.29) is 11.6 Å². The Morgan fingerprint density at radius 2 is 1.95 bits per heavy atom. The maximum Gasteiger partial charge on any atom is 0.165 e. The molecule has 0 aliphatic carbocycles. The second kappa shape index (κ2) is 7.34. The summed E-state index contributed by atoms with van der Waals surface area (Å²) in [5.74, 6) is 0.641. The maximum absolute atomic E-state index is 13.4. The lowest BCUT2D eigenvalue weighted by Crippen LogP contribution is -2.01. The van der Waals surface area contributed by atoms with Crippen molar-refractivity contribution in [2.75, 3.05) is 7.11 Å². The molecule has 0 fully saturated rings. The molecule has 0 radical (unpaired) electrons. The summed E-state index contributed by atoms with van der Waals surface area (Å²) in [5, 5.41) is 1.21. The van der Waals surface area contributed by atoms with E-state index in [0.717, 1.165) is 5.56 Å². The summed E-state index contributed by atoms with van der Waals surface area (Å²) >= 11 is 15.0. The second-order valence-electron chi connectivity index (χ2n) is 4.27. The normalized spacial score (nSPS) is 10.5. The Balaban J connectivity index is 2.24. The van der Waals surface area contributed by atoms with Crippen LogP contribution in [0.5, 0.6) is 11.5 Å². The summed E-state index contributed by atoms with van der Waals surface area (Å²) in [7, 11) is 1.54. The zero-order valence-corrected chi connectivity index (χ0v) is 14.2. The van der Waals surface area contributed by atoms with E-state index in [4.69, 9.17) is 32.7 Å². The van der Waals surface area contributed by atoms with Crippen molar-refractivity contribution in [3.8, 4) is 11.5 Å². The van der Waals surface area contributed by atoms with Crippen LogP contribution in [0, 0.1) is 5.82 Å². The highest BCUT2D eigenvalue weighted by atomic mass is 79.9. The first-order valence-electron chi connectivity index (χ1n) is 6.04. The van der Waals surface area contributed by atoms with E-state index in [9.17, 15) is 4.39 Å². The van der Waals surface area contributed by atoms with Gasteiger partial charge >= 0.3 is 0 Å². The van der Waals surface area contributed by atoms with Gasteiger partial charge in [0.05, 0.1) is 12.1 Å². The molecule has 0 aromatic heterocycles. The largest absolute Gasteiger partial charge is 0.493 e. The number of benzene rings is 2. The number of alkyl halides is 1. The topological polar surface area (TPSA) is 18.5 Å². The molecular formula is C15H12BrCl2FO2. The lowest BCUT2D eigenvalue weighted by Gasteiger charge is -2.15. The Labute approximate surface area is 140 Å². The molecule has 0 saturated heterocycles. The fourth-order valence-electron chi connectivity index (χ4n) is 1.82. The predicted octanol–water partition coefficient (Wildman–Crippen LogP) is 5.62. The van der Waals surface area contributed by atoms with Gasteiger partial charge < -0.3 is 9.47 Å². The molecule has 0 saturated carbocycles. The van der Waals surface area contributed by atoms with E-state index in [2.05, 4.69) is 15.9 Å². The summed E-state index contributed by atoms with van der Waals surface area (Å²) < 4.78 is 24.4. The lowest BCUT2D eigenvalue weighted by atomic mass is 10.2. The van der Waals surface area contributed by atoms with Crippen LogP contribution in [0.3, 0.4) is 0 Å². The van der Waals surface area contributed by atoms with Gasteiger partial charge in [0.15, 0.2) is 11.5 Å². The van der Waals surface area contributed by atoms with E-state index in [1.807, 2.05) is 0 Å². The standard InChI is InChI=1S/C15H12BrCl2FO2/c1-20-14-6-11(17)5-10(7-16)15(14)21-8-9-2-3-12(18)13(19)4-9/h2-6H,7-8H2,1H3. The third kappa shape index (κ3) is 4.02. The van der Waals surface area contributed by atoms with Gasteiger partial charge in [0.2, 0.25) is 0 Å². The fourth-order valence-corrected chi connectivity index (χ4v) is 2.59. The summed E-state index contributed by atoms with van der Waals surface area (Å²) in [6, 6.07) is 8.02. The summed E-state index contributed by atoms with van der Waals surface area (Å²) in [5.41, 5.74) is 1.53. The molecule has 2 aromatic carbocycles. The maximum atomic E-state index is 13.4. The molecule has 2 nitrogen and oxygen atoms in total. The Kier molecular flexibility index (Phi) is 5.73. The van der Waals surface area contributed by atoms with E-state index >= 15 is 0 Å². The molecule has 0 unspecified atom stereocenters. The molecule has 2 rings (SSSR count). The van der Waals surface area contributed by atoms with Crippen molar-refractivity contribution in [3.63, 3.8) is 0 Å². The first kappa shape index (κ1) is 16.4. The van der Waals surface area contributed by atoms with E-state index in [1.54, 1.807) is 25.3 Å². The molecular weight excluding hydrogens is 382 g/mol. The summed E-state index contributed by atoms with van der Waals surface area (Å²) in [6.45, 7) is 0.200. The molecule has 0 heterocycles. The van der Waals surface area contributed by atoms with Crippen molar-refractivity contribution in [3.05, 3.63) is 57.3 Å². The van der Waals surface area contributed by atoms with Gasteiger partial charge in [0, 0.05) is 22.0 Å². The van der Waals surface area contributed by atoms with Gasteiger partial charge in [0.25, 0.3) is 0 Å². The highest BCUT2D eigenvalue weighted by Crippen LogP contribution is 2.36. The van der Waals surface area contributed by atoms with Gasteiger partial charge in [-0.15, -0.1) is 0 Å². The molecule has 0 atom stereocenters. The third-order valence-electron chi connectivity index (χ3n) is 2.83. The molecule has 0 N–H and O–H groups in total.